The van der Waals surface area contributed by atoms with E-state index in [1.54, 1.807) is 0 Å². The average Bonchev–Trinajstić information content (AvgIpc) is 2.61. The number of amides is 2. The number of primary amides is 1. The Kier molecular flexibility index (Phi) is 10.8. The first kappa shape index (κ1) is 21.7. The van der Waals surface area contributed by atoms with Gasteiger partial charge in [0.25, 0.3) is 5.91 Å². The smallest absolute Gasteiger partial charge is 0.306 e. The van der Waals surface area contributed by atoms with Crippen molar-refractivity contribution in [1.29, 1.82) is 0 Å². The van der Waals surface area contributed by atoms with Gasteiger partial charge in [-0.2, -0.15) is 0 Å². The molecule has 0 radical (unpaired) electrons. The van der Waals surface area contributed by atoms with Gasteiger partial charge in [-0.1, -0.05) is 62.9 Å². The Hall–Kier alpha value is -2.37. The Labute approximate surface area is 155 Å². The summed E-state index contributed by atoms with van der Waals surface area (Å²) in [4.78, 5) is 35.3. The Morgan fingerprint density at radius 2 is 1.77 bits per heavy atom. The van der Waals surface area contributed by atoms with Gasteiger partial charge in [0.15, 0.2) is 6.10 Å². The third kappa shape index (κ3) is 9.81. The SMILES string of the molecule is CCCCCCCC(=O)O[C@H](CC(N)=O)C(=O)NCCc1ccccc1. The van der Waals surface area contributed by atoms with Crippen molar-refractivity contribution < 1.29 is 19.1 Å². The number of hydrogen-bond donors (Lipinski definition) is 2. The first-order valence-electron chi connectivity index (χ1n) is 9.32. The van der Waals surface area contributed by atoms with E-state index in [1.165, 1.54) is 0 Å². The topological polar surface area (TPSA) is 98.5 Å². The molecule has 0 heterocycles. The highest BCUT2D eigenvalue weighted by atomic mass is 16.5. The lowest BCUT2D eigenvalue weighted by atomic mass is 10.1. The van der Waals surface area contributed by atoms with Crippen LogP contribution in [0.2, 0.25) is 0 Å². The second kappa shape index (κ2) is 12.9. The van der Waals surface area contributed by atoms with Gasteiger partial charge in [0.1, 0.15) is 0 Å². The fourth-order valence-corrected chi connectivity index (χ4v) is 2.55. The minimum absolute atomic E-state index is 0.246. The maximum Gasteiger partial charge on any atom is 0.306 e. The molecule has 0 bridgehead atoms. The largest absolute Gasteiger partial charge is 0.452 e. The molecule has 0 spiro atoms. The number of rotatable bonds is 13. The zero-order valence-corrected chi connectivity index (χ0v) is 15.5. The van der Waals surface area contributed by atoms with E-state index in [0.29, 0.717) is 13.0 Å². The van der Waals surface area contributed by atoms with Gasteiger partial charge in [-0.25, -0.2) is 0 Å². The second-order valence-corrected chi connectivity index (χ2v) is 6.34. The van der Waals surface area contributed by atoms with E-state index in [-0.39, 0.29) is 12.8 Å². The van der Waals surface area contributed by atoms with Crippen LogP contribution < -0.4 is 11.1 Å². The van der Waals surface area contributed by atoms with Gasteiger partial charge in [0.05, 0.1) is 6.42 Å². The summed E-state index contributed by atoms with van der Waals surface area (Å²) in [7, 11) is 0. The first-order chi connectivity index (χ1) is 12.5. The van der Waals surface area contributed by atoms with E-state index in [4.69, 9.17) is 10.5 Å². The Morgan fingerprint density at radius 3 is 2.42 bits per heavy atom. The summed E-state index contributed by atoms with van der Waals surface area (Å²) in [5.41, 5.74) is 6.26. The van der Waals surface area contributed by atoms with Crippen LogP contribution in [0.4, 0.5) is 0 Å². The van der Waals surface area contributed by atoms with E-state index in [9.17, 15) is 14.4 Å². The van der Waals surface area contributed by atoms with Crippen molar-refractivity contribution in [3.8, 4) is 0 Å². The van der Waals surface area contributed by atoms with Crippen molar-refractivity contribution >= 4 is 17.8 Å². The molecule has 3 N–H and O–H groups in total. The van der Waals surface area contributed by atoms with Crippen LogP contribution in [0.15, 0.2) is 30.3 Å². The van der Waals surface area contributed by atoms with Gasteiger partial charge in [-0.3, -0.25) is 14.4 Å². The molecule has 6 nitrogen and oxygen atoms in total. The molecule has 2 amide bonds. The molecule has 1 atom stereocenters. The monoisotopic (exact) mass is 362 g/mol. The van der Waals surface area contributed by atoms with Crippen LogP contribution >= 0.6 is 0 Å². The van der Waals surface area contributed by atoms with Crippen LogP contribution in [0.1, 0.15) is 57.4 Å². The number of hydrogen-bond acceptors (Lipinski definition) is 4. The fraction of sp³-hybridized carbons (Fsp3) is 0.550. The van der Waals surface area contributed by atoms with Gasteiger partial charge in [0, 0.05) is 13.0 Å². The zero-order chi connectivity index (χ0) is 19.2. The highest BCUT2D eigenvalue weighted by Crippen LogP contribution is 2.08. The predicted molar refractivity (Wildman–Crippen MR) is 100 cm³/mol. The lowest BCUT2D eigenvalue weighted by molar-refractivity contribution is -0.157. The molecule has 0 aromatic heterocycles. The molecule has 0 aliphatic carbocycles. The van der Waals surface area contributed by atoms with Crippen LogP contribution in [0.5, 0.6) is 0 Å². The third-order valence-corrected chi connectivity index (χ3v) is 3.99. The first-order valence-corrected chi connectivity index (χ1v) is 9.32. The molecule has 0 aliphatic heterocycles. The van der Waals surface area contributed by atoms with Crippen LogP contribution in [0, 0.1) is 0 Å². The van der Waals surface area contributed by atoms with Crippen LogP contribution in [-0.4, -0.2) is 30.4 Å². The minimum Gasteiger partial charge on any atom is -0.452 e. The highest BCUT2D eigenvalue weighted by molar-refractivity contribution is 5.88. The number of benzene rings is 1. The quantitative estimate of drug-likeness (QED) is 0.416. The lowest BCUT2D eigenvalue weighted by Gasteiger charge is -2.16. The summed E-state index contributed by atoms with van der Waals surface area (Å²) < 4.78 is 5.18. The molecular formula is C20H30N2O4. The molecular weight excluding hydrogens is 332 g/mol. The Balaban J connectivity index is 2.39. The van der Waals surface area contributed by atoms with Gasteiger partial charge >= 0.3 is 5.97 Å². The number of esters is 1. The summed E-state index contributed by atoms with van der Waals surface area (Å²) in [5, 5.41) is 2.70. The number of unbranched alkanes of at least 4 members (excludes halogenated alkanes) is 4. The van der Waals surface area contributed by atoms with Crippen molar-refractivity contribution in [3.63, 3.8) is 0 Å². The Bertz CT molecular complexity index is 560. The number of carbonyl (C=O) groups is 3. The average molecular weight is 362 g/mol. The number of ether oxygens (including phenoxy) is 1. The van der Waals surface area contributed by atoms with Crippen molar-refractivity contribution in [2.24, 2.45) is 5.73 Å². The van der Waals surface area contributed by atoms with Gasteiger partial charge in [-0.15, -0.1) is 0 Å². The molecule has 0 saturated carbocycles. The zero-order valence-electron chi connectivity index (χ0n) is 15.5. The molecule has 144 valence electrons. The minimum atomic E-state index is -1.16. The number of nitrogens with two attached hydrogens (primary N) is 1. The molecule has 0 fully saturated rings. The summed E-state index contributed by atoms with van der Waals surface area (Å²) in [6.45, 7) is 2.52. The molecule has 0 saturated heterocycles. The molecule has 6 heteroatoms. The number of carbonyl (C=O) groups excluding carboxylic acids is 3. The van der Waals surface area contributed by atoms with Crippen LogP contribution in [-0.2, 0) is 25.5 Å². The van der Waals surface area contributed by atoms with Crippen molar-refractivity contribution in [3.05, 3.63) is 35.9 Å². The maximum atomic E-state index is 12.2. The van der Waals surface area contributed by atoms with Gasteiger partial charge in [-0.05, 0) is 18.4 Å². The van der Waals surface area contributed by atoms with Gasteiger partial charge in [0.2, 0.25) is 5.91 Å². The van der Waals surface area contributed by atoms with Crippen molar-refractivity contribution in [2.75, 3.05) is 6.54 Å². The molecule has 1 aromatic carbocycles. The van der Waals surface area contributed by atoms with Crippen LogP contribution in [0.3, 0.4) is 0 Å². The molecule has 0 aliphatic rings. The molecule has 26 heavy (non-hydrogen) atoms. The summed E-state index contributed by atoms with van der Waals surface area (Å²) in [6, 6.07) is 9.70. The normalized spacial score (nSPS) is 11.6. The highest BCUT2D eigenvalue weighted by Gasteiger charge is 2.24. The van der Waals surface area contributed by atoms with Crippen molar-refractivity contribution in [1.82, 2.24) is 5.32 Å². The van der Waals surface area contributed by atoms with E-state index >= 15 is 0 Å². The Morgan fingerprint density at radius 1 is 1.08 bits per heavy atom. The number of nitrogens with one attached hydrogen (secondary N) is 1. The molecule has 0 unspecified atom stereocenters. The lowest BCUT2D eigenvalue weighted by Crippen LogP contribution is -2.41. The van der Waals surface area contributed by atoms with Gasteiger partial charge < -0.3 is 15.8 Å². The fourth-order valence-electron chi connectivity index (χ4n) is 2.55. The van der Waals surface area contributed by atoms with E-state index in [2.05, 4.69) is 12.2 Å². The third-order valence-electron chi connectivity index (χ3n) is 3.99. The summed E-state index contributed by atoms with van der Waals surface area (Å²) in [5.74, 6) is -1.63. The van der Waals surface area contributed by atoms with E-state index < -0.39 is 23.9 Å². The van der Waals surface area contributed by atoms with E-state index in [1.807, 2.05) is 30.3 Å². The maximum absolute atomic E-state index is 12.2. The second-order valence-electron chi connectivity index (χ2n) is 6.34. The predicted octanol–water partition coefficient (Wildman–Crippen LogP) is 2.49. The van der Waals surface area contributed by atoms with Crippen LogP contribution in [0.25, 0.3) is 0 Å². The molecule has 1 aromatic rings. The summed E-state index contributed by atoms with van der Waals surface area (Å²) in [6.07, 6.45) is 4.46. The van der Waals surface area contributed by atoms with Crippen molar-refractivity contribution in [2.45, 2.75) is 64.4 Å². The van der Waals surface area contributed by atoms with E-state index in [0.717, 1.165) is 37.7 Å². The molecule has 1 rings (SSSR count). The standard InChI is InChI=1S/C20H30N2O4/c1-2-3-4-5-9-12-19(24)26-17(15-18(21)23)20(25)22-14-13-16-10-7-6-8-11-16/h6-8,10-11,17H,2-5,9,12-15H2,1H3,(H2,21,23)(H,22,25)/t17-/m1/s1. The summed E-state index contributed by atoms with van der Waals surface area (Å²) >= 11 is 0.